The van der Waals surface area contributed by atoms with E-state index in [2.05, 4.69) is 0 Å². The normalized spacial score (nSPS) is 12.6. The number of phenolic OH excluding ortho intramolecular Hbond substituents is 2. The maximum Gasteiger partial charge on any atom is 0.346 e. The Morgan fingerprint density at radius 2 is 2.09 bits per heavy atom. The molecule has 2 rings (SSSR count). The Kier molecular flexibility index (Phi) is 4.49. The molecule has 112 valence electrons. The van der Waals surface area contributed by atoms with E-state index in [0.717, 1.165) is 4.88 Å². The van der Waals surface area contributed by atoms with Crippen LogP contribution in [0.4, 0.5) is 0 Å². The largest absolute Gasteiger partial charge is 0.504 e. The van der Waals surface area contributed by atoms with E-state index >= 15 is 0 Å². The number of aliphatic carboxylic acids is 1. The lowest BCUT2D eigenvalue weighted by Gasteiger charge is -2.16. The lowest BCUT2D eigenvalue weighted by Crippen LogP contribution is -2.01. The van der Waals surface area contributed by atoms with Gasteiger partial charge in [-0.1, -0.05) is 19.1 Å². The molecule has 0 amide bonds. The minimum absolute atomic E-state index is 0.257. The van der Waals surface area contributed by atoms with E-state index < -0.39 is 11.5 Å². The number of carbonyl (C=O) groups is 1. The monoisotopic (exact) mass is 315 g/mol. The summed E-state index contributed by atoms with van der Waals surface area (Å²) in [6.45, 7) is 1.84. The fourth-order valence-corrected chi connectivity index (χ4v) is 2.96. The number of carboxylic acid groups (broad SMARTS) is 1. The molecule has 0 aliphatic rings. The van der Waals surface area contributed by atoms with Crippen LogP contribution in [-0.2, 0) is 4.79 Å². The molecule has 1 heterocycles. The second-order valence-electron chi connectivity index (χ2n) is 4.65. The van der Waals surface area contributed by atoms with E-state index in [1.807, 2.05) is 24.4 Å². The number of carboxylic acids is 1. The van der Waals surface area contributed by atoms with E-state index in [0.29, 0.717) is 11.1 Å². The van der Waals surface area contributed by atoms with Crippen LogP contribution in [0, 0.1) is 11.3 Å². The molecular weight excluding hydrogens is 302 g/mol. The standard InChI is InChI=1S/C16H13NO4S/c1-9(13-3-2-6-22-13)14-10(4-5-12(18)15(14)19)7-11(8-17)16(20)21/h2-7,9,18-19H,1H3,(H,20,21)/b11-7+. The van der Waals surface area contributed by atoms with Crippen LogP contribution in [0.2, 0.25) is 0 Å². The lowest BCUT2D eigenvalue weighted by molar-refractivity contribution is -0.132. The molecule has 2 aromatic rings. The number of rotatable bonds is 4. The summed E-state index contributed by atoms with van der Waals surface area (Å²) < 4.78 is 0. The maximum absolute atomic E-state index is 11.0. The summed E-state index contributed by atoms with van der Waals surface area (Å²) in [5.41, 5.74) is 0.330. The molecule has 0 aliphatic heterocycles. The highest BCUT2D eigenvalue weighted by Crippen LogP contribution is 2.41. The van der Waals surface area contributed by atoms with E-state index in [1.165, 1.54) is 29.5 Å². The number of benzene rings is 1. The number of aromatic hydroxyl groups is 2. The Bertz CT molecular complexity index is 772. The van der Waals surface area contributed by atoms with Gasteiger partial charge in [-0.15, -0.1) is 11.3 Å². The first-order valence-electron chi connectivity index (χ1n) is 6.39. The van der Waals surface area contributed by atoms with Gasteiger partial charge in [-0.3, -0.25) is 0 Å². The van der Waals surface area contributed by atoms with Crippen molar-refractivity contribution in [1.29, 1.82) is 5.26 Å². The number of nitrogens with zero attached hydrogens (tertiary/aromatic N) is 1. The first-order valence-corrected chi connectivity index (χ1v) is 7.27. The zero-order valence-corrected chi connectivity index (χ0v) is 12.5. The second kappa shape index (κ2) is 6.33. The van der Waals surface area contributed by atoms with E-state index in [1.54, 1.807) is 6.07 Å². The molecule has 0 saturated heterocycles. The predicted molar refractivity (Wildman–Crippen MR) is 82.8 cm³/mol. The highest BCUT2D eigenvalue weighted by Gasteiger charge is 2.20. The van der Waals surface area contributed by atoms with Crippen LogP contribution < -0.4 is 0 Å². The summed E-state index contributed by atoms with van der Waals surface area (Å²) in [4.78, 5) is 11.9. The van der Waals surface area contributed by atoms with Crippen molar-refractivity contribution in [3.63, 3.8) is 0 Å². The van der Waals surface area contributed by atoms with Crippen molar-refractivity contribution in [2.75, 3.05) is 0 Å². The lowest BCUT2D eigenvalue weighted by atomic mass is 9.92. The zero-order valence-electron chi connectivity index (χ0n) is 11.6. The molecule has 1 unspecified atom stereocenters. The van der Waals surface area contributed by atoms with Gasteiger partial charge in [-0.25, -0.2) is 4.79 Å². The summed E-state index contributed by atoms with van der Waals surface area (Å²) in [5.74, 6) is -2.20. The third-order valence-electron chi connectivity index (χ3n) is 3.28. The molecule has 5 nitrogen and oxygen atoms in total. The highest BCUT2D eigenvalue weighted by atomic mass is 32.1. The van der Waals surface area contributed by atoms with Crippen LogP contribution in [0.5, 0.6) is 11.5 Å². The molecule has 6 heteroatoms. The molecule has 0 spiro atoms. The van der Waals surface area contributed by atoms with Crippen molar-refractivity contribution in [1.82, 2.24) is 0 Å². The fourth-order valence-electron chi connectivity index (χ4n) is 2.17. The summed E-state index contributed by atoms with van der Waals surface area (Å²) in [6.07, 6.45) is 1.20. The number of hydrogen-bond acceptors (Lipinski definition) is 5. The van der Waals surface area contributed by atoms with Crippen molar-refractivity contribution in [3.8, 4) is 17.6 Å². The molecule has 0 bridgehead atoms. The summed E-state index contributed by atoms with van der Waals surface area (Å²) in [6, 6.07) is 8.10. The van der Waals surface area contributed by atoms with Crippen LogP contribution in [0.25, 0.3) is 6.08 Å². The summed E-state index contributed by atoms with van der Waals surface area (Å²) in [7, 11) is 0. The van der Waals surface area contributed by atoms with Crippen molar-refractivity contribution < 1.29 is 20.1 Å². The molecule has 0 fully saturated rings. The number of thiophene rings is 1. The van der Waals surface area contributed by atoms with Crippen molar-refractivity contribution >= 4 is 23.4 Å². The maximum atomic E-state index is 11.0. The van der Waals surface area contributed by atoms with Crippen molar-refractivity contribution in [2.24, 2.45) is 0 Å². The Hall–Kier alpha value is -2.78. The van der Waals surface area contributed by atoms with Gasteiger partial charge in [0.25, 0.3) is 0 Å². The molecule has 1 aromatic heterocycles. The molecule has 22 heavy (non-hydrogen) atoms. The average Bonchev–Trinajstić information content (AvgIpc) is 3.01. The van der Waals surface area contributed by atoms with Gasteiger partial charge < -0.3 is 15.3 Å². The minimum Gasteiger partial charge on any atom is -0.504 e. The van der Waals surface area contributed by atoms with E-state index in [4.69, 9.17) is 10.4 Å². The SMILES string of the molecule is CC(c1cccs1)c1c(/C=C(\C#N)C(=O)O)ccc(O)c1O. The molecule has 0 aliphatic carbocycles. The fraction of sp³-hybridized carbons (Fsp3) is 0.125. The average molecular weight is 315 g/mol. The van der Waals surface area contributed by atoms with E-state index in [-0.39, 0.29) is 17.4 Å². The van der Waals surface area contributed by atoms with Gasteiger partial charge in [0.1, 0.15) is 11.6 Å². The van der Waals surface area contributed by atoms with Crippen LogP contribution in [0.3, 0.4) is 0 Å². The summed E-state index contributed by atoms with van der Waals surface area (Å²) in [5, 5.41) is 39.6. The molecular formula is C16H13NO4S. The second-order valence-corrected chi connectivity index (χ2v) is 5.63. The van der Waals surface area contributed by atoms with Crippen LogP contribution >= 0.6 is 11.3 Å². The predicted octanol–water partition coefficient (Wildman–Crippen LogP) is 3.30. The van der Waals surface area contributed by atoms with Gasteiger partial charge >= 0.3 is 5.97 Å². The van der Waals surface area contributed by atoms with Crippen LogP contribution in [0.15, 0.2) is 35.2 Å². The van der Waals surface area contributed by atoms with Gasteiger partial charge in [0.15, 0.2) is 11.5 Å². The van der Waals surface area contributed by atoms with Gasteiger partial charge in [-0.2, -0.15) is 5.26 Å². The quantitative estimate of drug-likeness (QED) is 0.456. The Balaban J connectivity index is 2.64. The minimum atomic E-state index is -1.34. The number of nitriles is 1. The van der Waals surface area contributed by atoms with Gasteiger partial charge in [0, 0.05) is 16.4 Å². The molecule has 1 atom stereocenters. The Morgan fingerprint density at radius 3 is 2.64 bits per heavy atom. The third-order valence-corrected chi connectivity index (χ3v) is 4.34. The third kappa shape index (κ3) is 2.95. The topological polar surface area (TPSA) is 102 Å². The highest BCUT2D eigenvalue weighted by molar-refractivity contribution is 7.10. The Morgan fingerprint density at radius 1 is 1.36 bits per heavy atom. The number of hydrogen-bond donors (Lipinski definition) is 3. The van der Waals surface area contributed by atoms with Crippen LogP contribution in [-0.4, -0.2) is 21.3 Å². The molecule has 0 radical (unpaired) electrons. The number of phenols is 2. The van der Waals surface area contributed by atoms with Crippen molar-refractivity contribution in [3.05, 3.63) is 51.2 Å². The van der Waals surface area contributed by atoms with Crippen LogP contribution in [0.1, 0.15) is 28.8 Å². The Labute approximate surface area is 131 Å². The first-order chi connectivity index (χ1) is 10.5. The first kappa shape index (κ1) is 15.6. The summed E-state index contributed by atoms with van der Waals surface area (Å²) >= 11 is 1.49. The molecule has 0 saturated carbocycles. The van der Waals surface area contributed by atoms with Gasteiger partial charge in [-0.05, 0) is 29.2 Å². The zero-order chi connectivity index (χ0) is 16.3. The van der Waals surface area contributed by atoms with Gasteiger partial charge in [0.05, 0.1) is 0 Å². The van der Waals surface area contributed by atoms with Crippen molar-refractivity contribution in [2.45, 2.75) is 12.8 Å². The molecule has 1 aromatic carbocycles. The van der Waals surface area contributed by atoms with Gasteiger partial charge in [0.2, 0.25) is 0 Å². The smallest absolute Gasteiger partial charge is 0.346 e. The molecule has 3 N–H and O–H groups in total. The van der Waals surface area contributed by atoms with E-state index in [9.17, 15) is 15.0 Å².